The number of nitrogens with zero attached hydrogens (tertiary/aromatic N) is 5. The van der Waals surface area contributed by atoms with Gasteiger partial charge in [-0.2, -0.15) is 5.10 Å². The van der Waals surface area contributed by atoms with E-state index >= 15 is 0 Å². The van der Waals surface area contributed by atoms with Gasteiger partial charge in [-0.25, -0.2) is 9.07 Å². The molecule has 1 aromatic carbocycles. The van der Waals surface area contributed by atoms with Crippen LogP contribution in [0.3, 0.4) is 0 Å². The van der Waals surface area contributed by atoms with Crippen molar-refractivity contribution in [3.05, 3.63) is 76.1 Å². The van der Waals surface area contributed by atoms with Gasteiger partial charge in [-0.15, -0.1) is 0 Å². The van der Waals surface area contributed by atoms with E-state index in [9.17, 15) is 14.0 Å². The van der Waals surface area contributed by atoms with Gasteiger partial charge in [0, 0.05) is 55.9 Å². The first-order chi connectivity index (χ1) is 14.9. The number of piperazine rings is 1. The topological polar surface area (TPSA) is 71.3 Å². The highest BCUT2D eigenvalue weighted by atomic mass is 35.5. The first-order valence-corrected chi connectivity index (χ1v) is 10.3. The maximum Gasteiger partial charge on any atom is 0.267 e. The average Bonchev–Trinajstić information content (AvgIpc) is 2.81. The molecule has 0 bridgehead atoms. The predicted molar refractivity (Wildman–Crippen MR) is 117 cm³/mol. The molecule has 9 heteroatoms. The number of amides is 1. The van der Waals surface area contributed by atoms with Crippen LogP contribution >= 0.6 is 11.6 Å². The van der Waals surface area contributed by atoms with E-state index in [0.29, 0.717) is 31.9 Å². The maximum absolute atomic E-state index is 13.4. The number of hydrogen-bond donors (Lipinski definition) is 0. The third kappa shape index (κ3) is 4.44. The fourth-order valence-corrected chi connectivity index (χ4v) is 3.78. The summed E-state index contributed by atoms with van der Waals surface area (Å²) >= 11 is 5.88. The molecule has 1 aliphatic rings. The van der Waals surface area contributed by atoms with Gasteiger partial charge >= 0.3 is 0 Å². The van der Waals surface area contributed by atoms with Crippen molar-refractivity contribution >= 4 is 23.2 Å². The normalized spacial score (nSPS) is 15.1. The molecule has 1 unspecified atom stereocenters. The molecular formula is C22H21ClFN5O2. The first-order valence-electron chi connectivity index (χ1n) is 9.93. The molecule has 1 atom stereocenters. The monoisotopic (exact) mass is 441 g/mol. The molecule has 0 radical (unpaired) electrons. The number of pyridine rings is 1. The standard InChI is InChI=1S/C22H21ClFN5O2/c1-15(29-21(30)7-6-20(26-29)16-3-2-8-25-14-16)22(31)28-11-9-27(10-12-28)17-4-5-19(24)18(23)13-17/h2-8,13-15H,9-12H2,1H3. The molecule has 1 aliphatic heterocycles. The van der Waals surface area contributed by atoms with Gasteiger partial charge in [0.15, 0.2) is 0 Å². The Hall–Kier alpha value is -3.26. The van der Waals surface area contributed by atoms with Crippen LogP contribution in [-0.2, 0) is 4.79 Å². The molecule has 0 N–H and O–H groups in total. The Morgan fingerprint density at radius 2 is 1.90 bits per heavy atom. The largest absolute Gasteiger partial charge is 0.368 e. The van der Waals surface area contributed by atoms with Gasteiger partial charge in [-0.1, -0.05) is 11.6 Å². The Bertz CT molecular complexity index is 1150. The van der Waals surface area contributed by atoms with Crippen LogP contribution in [-0.4, -0.2) is 51.8 Å². The minimum absolute atomic E-state index is 0.0728. The molecule has 1 amide bonds. The molecule has 7 nitrogen and oxygen atoms in total. The Kier molecular flexibility index (Phi) is 5.99. The van der Waals surface area contributed by atoms with Gasteiger partial charge in [-0.3, -0.25) is 14.6 Å². The summed E-state index contributed by atoms with van der Waals surface area (Å²) in [5.74, 6) is -0.630. The molecule has 0 aliphatic carbocycles. The number of halogens is 2. The maximum atomic E-state index is 13.4. The van der Waals surface area contributed by atoms with Gasteiger partial charge in [0.05, 0.1) is 10.7 Å². The van der Waals surface area contributed by atoms with Crippen molar-refractivity contribution in [2.75, 3.05) is 31.1 Å². The predicted octanol–water partition coefficient (Wildman–Crippen LogP) is 3.01. The minimum Gasteiger partial charge on any atom is -0.368 e. The van der Waals surface area contributed by atoms with Crippen molar-refractivity contribution in [3.8, 4) is 11.3 Å². The molecule has 1 fully saturated rings. The van der Waals surface area contributed by atoms with Crippen LogP contribution in [0.1, 0.15) is 13.0 Å². The van der Waals surface area contributed by atoms with Crippen LogP contribution in [0.4, 0.5) is 10.1 Å². The molecule has 1 saturated heterocycles. The molecule has 31 heavy (non-hydrogen) atoms. The lowest BCUT2D eigenvalue weighted by Crippen LogP contribution is -2.51. The summed E-state index contributed by atoms with van der Waals surface area (Å²) in [5, 5.41) is 4.47. The van der Waals surface area contributed by atoms with E-state index in [1.54, 1.807) is 48.5 Å². The average molecular weight is 442 g/mol. The Morgan fingerprint density at radius 3 is 2.58 bits per heavy atom. The van der Waals surface area contributed by atoms with E-state index in [-0.39, 0.29) is 16.5 Å². The van der Waals surface area contributed by atoms with Crippen LogP contribution in [0.5, 0.6) is 0 Å². The summed E-state index contributed by atoms with van der Waals surface area (Å²) in [7, 11) is 0. The highest BCUT2D eigenvalue weighted by molar-refractivity contribution is 6.31. The summed E-state index contributed by atoms with van der Waals surface area (Å²) < 4.78 is 14.6. The summed E-state index contributed by atoms with van der Waals surface area (Å²) in [5.41, 5.74) is 1.81. The Labute approximate surface area is 183 Å². The second-order valence-corrected chi connectivity index (χ2v) is 7.74. The fraction of sp³-hybridized carbons (Fsp3) is 0.273. The van der Waals surface area contributed by atoms with Crippen LogP contribution < -0.4 is 10.5 Å². The second-order valence-electron chi connectivity index (χ2n) is 7.33. The zero-order valence-corrected chi connectivity index (χ0v) is 17.7. The van der Waals surface area contributed by atoms with E-state index in [0.717, 1.165) is 11.3 Å². The smallest absolute Gasteiger partial charge is 0.267 e. The molecule has 160 valence electrons. The molecule has 2 aromatic heterocycles. The van der Waals surface area contributed by atoms with Gasteiger partial charge < -0.3 is 9.80 Å². The van der Waals surface area contributed by atoms with Crippen molar-refractivity contribution in [1.29, 1.82) is 0 Å². The third-order valence-corrected chi connectivity index (χ3v) is 5.66. The number of rotatable bonds is 4. The van der Waals surface area contributed by atoms with E-state index in [1.807, 2.05) is 11.0 Å². The van der Waals surface area contributed by atoms with E-state index in [4.69, 9.17) is 11.6 Å². The van der Waals surface area contributed by atoms with Gasteiger partial charge in [0.2, 0.25) is 5.91 Å². The second kappa shape index (κ2) is 8.85. The molecule has 3 aromatic rings. The number of aromatic nitrogens is 3. The van der Waals surface area contributed by atoms with Crippen molar-refractivity contribution in [1.82, 2.24) is 19.7 Å². The zero-order chi connectivity index (χ0) is 22.0. The minimum atomic E-state index is -0.740. The van der Waals surface area contributed by atoms with Crippen LogP contribution in [0, 0.1) is 5.82 Å². The molecule has 4 rings (SSSR count). The third-order valence-electron chi connectivity index (χ3n) is 5.37. The quantitative estimate of drug-likeness (QED) is 0.622. The van der Waals surface area contributed by atoms with Crippen LogP contribution in [0.15, 0.2) is 59.7 Å². The van der Waals surface area contributed by atoms with E-state index in [2.05, 4.69) is 10.1 Å². The van der Waals surface area contributed by atoms with E-state index in [1.165, 1.54) is 16.8 Å². The van der Waals surface area contributed by atoms with Gasteiger partial charge in [-0.05, 0) is 43.3 Å². The number of benzene rings is 1. The first kappa shape index (κ1) is 21.0. The lowest BCUT2D eigenvalue weighted by molar-refractivity contribution is -0.135. The summed E-state index contributed by atoms with van der Waals surface area (Å²) in [4.78, 5) is 33.3. The SMILES string of the molecule is CC(C(=O)N1CCN(c2ccc(F)c(Cl)c2)CC1)n1nc(-c2cccnc2)ccc1=O. The number of carbonyl (C=O) groups is 1. The van der Waals surface area contributed by atoms with Crippen molar-refractivity contribution in [3.63, 3.8) is 0 Å². The highest BCUT2D eigenvalue weighted by Crippen LogP contribution is 2.24. The molecule has 0 spiro atoms. The number of hydrogen-bond acceptors (Lipinski definition) is 5. The van der Waals surface area contributed by atoms with E-state index < -0.39 is 11.9 Å². The fourth-order valence-electron chi connectivity index (χ4n) is 3.61. The van der Waals surface area contributed by atoms with Crippen LogP contribution in [0.2, 0.25) is 5.02 Å². The summed E-state index contributed by atoms with van der Waals surface area (Å²) in [6, 6.07) is 10.5. The summed E-state index contributed by atoms with van der Waals surface area (Å²) in [6.45, 7) is 3.80. The summed E-state index contributed by atoms with van der Waals surface area (Å²) in [6.07, 6.45) is 3.32. The van der Waals surface area contributed by atoms with Crippen molar-refractivity contribution in [2.24, 2.45) is 0 Å². The van der Waals surface area contributed by atoms with Crippen molar-refractivity contribution in [2.45, 2.75) is 13.0 Å². The Morgan fingerprint density at radius 1 is 1.13 bits per heavy atom. The van der Waals surface area contributed by atoms with Gasteiger partial charge in [0.25, 0.3) is 5.56 Å². The lowest BCUT2D eigenvalue weighted by Gasteiger charge is -2.37. The number of anilines is 1. The Balaban J connectivity index is 1.47. The number of carbonyl (C=O) groups excluding carboxylic acids is 1. The van der Waals surface area contributed by atoms with Crippen molar-refractivity contribution < 1.29 is 9.18 Å². The molecule has 3 heterocycles. The lowest BCUT2D eigenvalue weighted by atomic mass is 10.2. The molecular weight excluding hydrogens is 421 g/mol. The van der Waals surface area contributed by atoms with Crippen LogP contribution in [0.25, 0.3) is 11.3 Å². The zero-order valence-electron chi connectivity index (χ0n) is 16.9. The molecule has 0 saturated carbocycles. The van der Waals surface area contributed by atoms with Gasteiger partial charge in [0.1, 0.15) is 11.9 Å². The highest BCUT2D eigenvalue weighted by Gasteiger charge is 2.27.